The highest BCUT2D eigenvalue weighted by Gasteiger charge is 2.15. The number of benzene rings is 1. The number of aryl methyl sites for hydroxylation is 1. The van der Waals surface area contributed by atoms with Crippen molar-refractivity contribution in [1.29, 1.82) is 0 Å². The lowest BCUT2D eigenvalue weighted by Gasteiger charge is -2.12. The second-order valence-electron chi connectivity index (χ2n) is 5.26. The van der Waals surface area contributed by atoms with Crippen LogP contribution in [0.3, 0.4) is 0 Å². The molecule has 0 radical (unpaired) electrons. The fourth-order valence-corrected chi connectivity index (χ4v) is 3.26. The van der Waals surface area contributed by atoms with Crippen molar-refractivity contribution in [2.45, 2.75) is 38.3 Å². The van der Waals surface area contributed by atoms with Gasteiger partial charge in [0.15, 0.2) is 0 Å². The number of rotatable bonds is 3. The third-order valence-electron chi connectivity index (χ3n) is 4.03. The van der Waals surface area contributed by atoms with Crippen LogP contribution in [0.5, 0.6) is 0 Å². The second kappa shape index (κ2) is 5.06. The van der Waals surface area contributed by atoms with E-state index in [4.69, 9.17) is 0 Å². The Bertz CT molecular complexity index is 553. The molecule has 0 amide bonds. The maximum absolute atomic E-state index is 3.68. The summed E-state index contributed by atoms with van der Waals surface area (Å²) in [6.07, 6.45) is 5.46. The van der Waals surface area contributed by atoms with E-state index in [0.717, 1.165) is 17.1 Å². The second-order valence-corrected chi connectivity index (χ2v) is 6.18. The van der Waals surface area contributed by atoms with Crippen LogP contribution in [0, 0.1) is 0 Å². The van der Waals surface area contributed by atoms with Gasteiger partial charge in [-0.3, -0.25) is 0 Å². The van der Waals surface area contributed by atoms with Crippen LogP contribution in [0.25, 0.3) is 10.9 Å². The standard InChI is InChI=1S/C15H19BrN2/c1-18-14(10-17-13-4-2-3-5-13)8-11-6-7-12(16)9-15(11)18/h6-9,13,17H,2-5,10H2,1H3. The van der Waals surface area contributed by atoms with Crippen LogP contribution in [0.2, 0.25) is 0 Å². The average molecular weight is 307 g/mol. The molecule has 2 aromatic rings. The number of nitrogens with one attached hydrogen (secondary N) is 1. The van der Waals surface area contributed by atoms with E-state index in [0.29, 0.717) is 0 Å². The molecule has 2 nitrogen and oxygen atoms in total. The van der Waals surface area contributed by atoms with Gasteiger partial charge in [0.2, 0.25) is 0 Å². The Labute approximate surface area is 116 Å². The van der Waals surface area contributed by atoms with Gasteiger partial charge in [0.05, 0.1) is 0 Å². The van der Waals surface area contributed by atoms with Gasteiger partial charge in [0.1, 0.15) is 0 Å². The van der Waals surface area contributed by atoms with E-state index in [-0.39, 0.29) is 0 Å². The van der Waals surface area contributed by atoms with Gasteiger partial charge in [-0.15, -0.1) is 0 Å². The van der Waals surface area contributed by atoms with E-state index in [1.54, 1.807) is 0 Å². The first kappa shape index (κ1) is 12.2. The Hall–Kier alpha value is -0.800. The van der Waals surface area contributed by atoms with E-state index in [1.165, 1.54) is 42.3 Å². The molecular formula is C15H19BrN2. The first-order chi connectivity index (χ1) is 8.74. The van der Waals surface area contributed by atoms with Crippen LogP contribution in [-0.4, -0.2) is 10.6 Å². The maximum Gasteiger partial charge on any atom is 0.0491 e. The van der Waals surface area contributed by atoms with Crippen molar-refractivity contribution in [1.82, 2.24) is 9.88 Å². The van der Waals surface area contributed by atoms with Crippen molar-refractivity contribution >= 4 is 26.8 Å². The molecule has 1 aromatic heterocycles. The van der Waals surface area contributed by atoms with Crippen molar-refractivity contribution in [2.24, 2.45) is 7.05 Å². The highest BCUT2D eigenvalue weighted by atomic mass is 79.9. The lowest BCUT2D eigenvalue weighted by Crippen LogP contribution is -2.26. The van der Waals surface area contributed by atoms with E-state index in [1.807, 2.05) is 0 Å². The van der Waals surface area contributed by atoms with Gasteiger partial charge < -0.3 is 9.88 Å². The summed E-state index contributed by atoms with van der Waals surface area (Å²) >= 11 is 3.54. The molecule has 0 bridgehead atoms. The molecule has 1 aromatic carbocycles. The minimum Gasteiger partial charge on any atom is -0.346 e. The molecule has 1 aliphatic carbocycles. The van der Waals surface area contributed by atoms with E-state index < -0.39 is 0 Å². The van der Waals surface area contributed by atoms with Crippen LogP contribution in [0.4, 0.5) is 0 Å². The molecule has 0 atom stereocenters. The Morgan fingerprint density at radius 2 is 2.06 bits per heavy atom. The molecule has 1 aliphatic rings. The first-order valence-corrected chi connectivity index (χ1v) is 7.50. The molecule has 0 spiro atoms. The van der Waals surface area contributed by atoms with Crippen molar-refractivity contribution in [3.8, 4) is 0 Å². The molecule has 96 valence electrons. The summed E-state index contributed by atoms with van der Waals surface area (Å²) in [5, 5.41) is 5.00. The average Bonchev–Trinajstić information content (AvgIpc) is 2.97. The first-order valence-electron chi connectivity index (χ1n) is 6.71. The van der Waals surface area contributed by atoms with Crippen molar-refractivity contribution in [3.05, 3.63) is 34.4 Å². The predicted octanol–water partition coefficient (Wildman–Crippen LogP) is 3.97. The van der Waals surface area contributed by atoms with Gasteiger partial charge in [-0.05, 0) is 36.4 Å². The molecule has 0 saturated heterocycles. The Balaban J connectivity index is 1.81. The minimum absolute atomic E-state index is 0.731. The lowest BCUT2D eigenvalue weighted by atomic mass is 10.2. The predicted molar refractivity (Wildman–Crippen MR) is 79.7 cm³/mol. The minimum atomic E-state index is 0.731. The number of nitrogens with zero attached hydrogens (tertiary/aromatic N) is 1. The zero-order valence-electron chi connectivity index (χ0n) is 10.7. The molecule has 1 heterocycles. The van der Waals surface area contributed by atoms with E-state index in [9.17, 15) is 0 Å². The fourth-order valence-electron chi connectivity index (χ4n) is 2.91. The van der Waals surface area contributed by atoms with Crippen LogP contribution in [-0.2, 0) is 13.6 Å². The Kier molecular flexibility index (Phi) is 3.44. The summed E-state index contributed by atoms with van der Waals surface area (Å²) < 4.78 is 3.44. The normalized spacial score (nSPS) is 16.8. The zero-order valence-corrected chi connectivity index (χ0v) is 12.3. The topological polar surface area (TPSA) is 17.0 Å². The largest absolute Gasteiger partial charge is 0.346 e. The molecule has 1 saturated carbocycles. The molecule has 3 heteroatoms. The van der Waals surface area contributed by atoms with Crippen LogP contribution in [0.15, 0.2) is 28.7 Å². The van der Waals surface area contributed by atoms with E-state index >= 15 is 0 Å². The van der Waals surface area contributed by atoms with Gasteiger partial charge >= 0.3 is 0 Å². The van der Waals surface area contributed by atoms with Crippen LogP contribution in [0.1, 0.15) is 31.4 Å². The summed E-state index contributed by atoms with van der Waals surface area (Å²) in [6, 6.07) is 9.50. The summed E-state index contributed by atoms with van der Waals surface area (Å²) in [5.74, 6) is 0. The van der Waals surface area contributed by atoms with Crippen molar-refractivity contribution < 1.29 is 0 Å². The van der Waals surface area contributed by atoms with Gasteiger partial charge in [0.25, 0.3) is 0 Å². The molecule has 3 rings (SSSR count). The number of halogens is 1. The number of hydrogen-bond donors (Lipinski definition) is 1. The molecule has 0 aliphatic heterocycles. The summed E-state index contributed by atoms with van der Waals surface area (Å²) in [4.78, 5) is 0. The number of aromatic nitrogens is 1. The number of hydrogen-bond acceptors (Lipinski definition) is 1. The highest BCUT2D eigenvalue weighted by molar-refractivity contribution is 9.10. The number of fused-ring (bicyclic) bond motifs is 1. The zero-order chi connectivity index (χ0) is 12.5. The summed E-state index contributed by atoms with van der Waals surface area (Å²) in [6.45, 7) is 0.980. The summed E-state index contributed by atoms with van der Waals surface area (Å²) in [7, 11) is 2.15. The van der Waals surface area contributed by atoms with Gasteiger partial charge in [0, 0.05) is 35.3 Å². The molecular weight excluding hydrogens is 288 g/mol. The van der Waals surface area contributed by atoms with Crippen molar-refractivity contribution in [2.75, 3.05) is 0 Å². The van der Waals surface area contributed by atoms with Gasteiger partial charge in [-0.25, -0.2) is 0 Å². The molecule has 1 fully saturated rings. The quantitative estimate of drug-likeness (QED) is 0.908. The SMILES string of the molecule is Cn1c(CNC2CCCC2)cc2ccc(Br)cc21. The lowest BCUT2D eigenvalue weighted by molar-refractivity contribution is 0.514. The van der Waals surface area contributed by atoms with Crippen molar-refractivity contribution in [3.63, 3.8) is 0 Å². The van der Waals surface area contributed by atoms with Gasteiger partial charge in [-0.2, -0.15) is 0 Å². The third-order valence-corrected chi connectivity index (χ3v) is 4.53. The smallest absolute Gasteiger partial charge is 0.0491 e. The van der Waals surface area contributed by atoms with E-state index in [2.05, 4.69) is 57.1 Å². The Morgan fingerprint density at radius 3 is 2.83 bits per heavy atom. The van der Waals surface area contributed by atoms with Crippen LogP contribution >= 0.6 is 15.9 Å². The fraction of sp³-hybridized carbons (Fsp3) is 0.467. The monoisotopic (exact) mass is 306 g/mol. The Morgan fingerprint density at radius 1 is 1.28 bits per heavy atom. The molecule has 0 unspecified atom stereocenters. The summed E-state index contributed by atoms with van der Waals surface area (Å²) in [5.41, 5.74) is 2.67. The maximum atomic E-state index is 3.68. The molecule has 1 N–H and O–H groups in total. The van der Waals surface area contributed by atoms with Crippen LogP contribution < -0.4 is 5.32 Å². The van der Waals surface area contributed by atoms with Gasteiger partial charge in [-0.1, -0.05) is 34.8 Å². The molecule has 18 heavy (non-hydrogen) atoms. The highest BCUT2D eigenvalue weighted by Crippen LogP contribution is 2.23. The third kappa shape index (κ3) is 2.34.